The SMILES string of the molecule is CCCCN(C(C)CC)C(CN)COC. The predicted octanol–water partition coefficient (Wildman–Crippen LogP) is 1.86. The molecule has 0 aliphatic heterocycles. The lowest BCUT2D eigenvalue weighted by molar-refractivity contribution is 0.0667. The lowest BCUT2D eigenvalue weighted by Gasteiger charge is -2.35. The van der Waals surface area contributed by atoms with E-state index >= 15 is 0 Å². The van der Waals surface area contributed by atoms with E-state index in [9.17, 15) is 0 Å². The number of rotatable bonds is 9. The second-order valence-electron chi connectivity index (χ2n) is 4.19. The van der Waals surface area contributed by atoms with Crippen molar-refractivity contribution in [2.45, 2.75) is 52.1 Å². The highest BCUT2D eigenvalue weighted by Gasteiger charge is 2.20. The fourth-order valence-electron chi connectivity index (χ4n) is 1.83. The van der Waals surface area contributed by atoms with Gasteiger partial charge in [-0.15, -0.1) is 0 Å². The molecule has 0 fully saturated rings. The summed E-state index contributed by atoms with van der Waals surface area (Å²) in [6.07, 6.45) is 3.64. The van der Waals surface area contributed by atoms with Gasteiger partial charge in [-0.1, -0.05) is 20.3 Å². The number of methoxy groups -OCH3 is 1. The van der Waals surface area contributed by atoms with E-state index in [1.807, 2.05) is 0 Å². The summed E-state index contributed by atoms with van der Waals surface area (Å²) < 4.78 is 5.23. The van der Waals surface area contributed by atoms with Crippen LogP contribution in [0.4, 0.5) is 0 Å². The Morgan fingerprint density at radius 3 is 2.40 bits per heavy atom. The molecule has 3 heteroatoms. The summed E-state index contributed by atoms with van der Waals surface area (Å²) in [6.45, 7) is 9.28. The summed E-state index contributed by atoms with van der Waals surface area (Å²) in [6, 6.07) is 0.969. The van der Waals surface area contributed by atoms with Crippen LogP contribution in [0.3, 0.4) is 0 Å². The maximum Gasteiger partial charge on any atom is 0.0630 e. The number of unbranched alkanes of at least 4 members (excludes halogenated alkanes) is 1. The van der Waals surface area contributed by atoms with Crippen LogP contribution in [0, 0.1) is 0 Å². The zero-order valence-corrected chi connectivity index (χ0v) is 10.8. The molecule has 2 atom stereocenters. The summed E-state index contributed by atoms with van der Waals surface area (Å²) in [5.74, 6) is 0. The van der Waals surface area contributed by atoms with Crippen LogP contribution < -0.4 is 5.73 Å². The summed E-state index contributed by atoms with van der Waals surface area (Å²) in [4.78, 5) is 2.49. The minimum Gasteiger partial charge on any atom is -0.383 e. The molecule has 0 amide bonds. The number of hydrogen-bond donors (Lipinski definition) is 1. The van der Waals surface area contributed by atoms with Crippen molar-refractivity contribution in [1.82, 2.24) is 4.90 Å². The van der Waals surface area contributed by atoms with Crippen LogP contribution in [0.25, 0.3) is 0 Å². The third kappa shape index (κ3) is 5.50. The van der Waals surface area contributed by atoms with Gasteiger partial charge in [0.25, 0.3) is 0 Å². The monoisotopic (exact) mass is 216 g/mol. The van der Waals surface area contributed by atoms with Crippen molar-refractivity contribution in [2.75, 3.05) is 26.8 Å². The van der Waals surface area contributed by atoms with Crippen LogP contribution in [0.15, 0.2) is 0 Å². The highest BCUT2D eigenvalue weighted by atomic mass is 16.5. The van der Waals surface area contributed by atoms with Crippen molar-refractivity contribution >= 4 is 0 Å². The van der Waals surface area contributed by atoms with E-state index in [1.165, 1.54) is 19.3 Å². The Kier molecular flexibility index (Phi) is 9.06. The highest BCUT2D eigenvalue weighted by Crippen LogP contribution is 2.10. The van der Waals surface area contributed by atoms with E-state index in [2.05, 4.69) is 25.7 Å². The van der Waals surface area contributed by atoms with Gasteiger partial charge in [0.15, 0.2) is 0 Å². The lowest BCUT2D eigenvalue weighted by atomic mass is 10.1. The Morgan fingerprint density at radius 1 is 1.33 bits per heavy atom. The molecule has 3 nitrogen and oxygen atoms in total. The zero-order chi connectivity index (χ0) is 11.7. The molecule has 0 aliphatic carbocycles. The topological polar surface area (TPSA) is 38.5 Å². The van der Waals surface area contributed by atoms with Crippen LogP contribution in [0.1, 0.15) is 40.0 Å². The normalized spacial score (nSPS) is 15.6. The lowest BCUT2D eigenvalue weighted by Crippen LogP contribution is -2.48. The van der Waals surface area contributed by atoms with Gasteiger partial charge in [-0.3, -0.25) is 4.90 Å². The average Bonchev–Trinajstić information content (AvgIpc) is 2.27. The molecule has 0 radical (unpaired) electrons. The first-order valence-corrected chi connectivity index (χ1v) is 6.15. The molecular formula is C12H28N2O. The predicted molar refractivity (Wildman–Crippen MR) is 66.1 cm³/mol. The minimum absolute atomic E-state index is 0.372. The quantitative estimate of drug-likeness (QED) is 0.639. The molecule has 0 aliphatic rings. The van der Waals surface area contributed by atoms with Crippen molar-refractivity contribution in [2.24, 2.45) is 5.73 Å². The van der Waals surface area contributed by atoms with Gasteiger partial charge in [-0.25, -0.2) is 0 Å². The van der Waals surface area contributed by atoms with Crippen LogP contribution in [0.5, 0.6) is 0 Å². The van der Waals surface area contributed by atoms with Gasteiger partial charge in [-0.2, -0.15) is 0 Å². The van der Waals surface area contributed by atoms with E-state index in [-0.39, 0.29) is 0 Å². The molecular weight excluding hydrogens is 188 g/mol. The Bertz CT molecular complexity index is 142. The Balaban J connectivity index is 4.28. The molecule has 92 valence electrons. The van der Waals surface area contributed by atoms with Crippen molar-refractivity contribution in [3.05, 3.63) is 0 Å². The average molecular weight is 216 g/mol. The van der Waals surface area contributed by atoms with E-state index in [4.69, 9.17) is 10.5 Å². The molecule has 2 unspecified atom stereocenters. The van der Waals surface area contributed by atoms with Gasteiger partial charge in [0.1, 0.15) is 0 Å². The van der Waals surface area contributed by atoms with Gasteiger partial charge >= 0.3 is 0 Å². The third-order valence-corrected chi connectivity index (χ3v) is 3.03. The number of nitrogens with zero attached hydrogens (tertiary/aromatic N) is 1. The van der Waals surface area contributed by atoms with Gasteiger partial charge in [0, 0.05) is 25.7 Å². The van der Waals surface area contributed by atoms with Crippen LogP contribution in [-0.4, -0.2) is 43.8 Å². The summed E-state index contributed by atoms with van der Waals surface area (Å²) >= 11 is 0. The van der Waals surface area contributed by atoms with Crippen molar-refractivity contribution in [3.63, 3.8) is 0 Å². The fourth-order valence-corrected chi connectivity index (χ4v) is 1.83. The molecule has 0 aromatic carbocycles. The molecule has 0 saturated heterocycles. The van der Waals surface area contributed by atoms with Gasteiger partial charge in [0.2, 0.25) is 0 Å². The van der Waals surface area contributed by atoms with Crippen molar-refractivity contribution < 1.29 is 4.74 Å². The Hall–Kier alpha value is -0.120. The largest absolute Gasteiger partial charge is 0.383 e. The first-order chi connectivity index (χ1) is 7.21. The third-order valence-electron chi connectivity index (χ3n) is 3.03. The number of nitrogens with two attached hydrogens (primary N) is 1. The summed E-state index contributed by atoms with van der Waals surface area (Å²) in [5, 5.41) is 0. The Morgan fingerprint density at radius 2 is 2.00 bits per heavy atom. The maximum atomic E-state index is 5.80. The molecule has 0 spiro atoms. The van der Waals surface area contributed by atoms with Crippen LogP contribution >= 0.6 is 0 Å². The van der Waals surface area contributed by atoms with Gasteiger partial charge in [-0.05, 0) is 26.3 Å². The van der Waals surface area contributed by atoms with Crippen LogP contribution in [0.2, 0.25) is 0 Å². The molecule has 15 heavy (non-hydrogen) atoms. The van der Waals surface area contributed by atoms with E-state index in [0.29, 0.717) is 18.6 Å². The number of ether oxygens (including phenoxy) is 1. The molecule has 0 rings (SSSR count). The second-order valence-corrected chi connectivity index (χ2v) is 4.19. The van der Waals surface area contributed by atoms with E-state index in [1.54, 1.807) is 7.11 Å². The summed E-state index contributed by atoms with van der Waals surface area (Å²) in [7, 11) is 1.75. The van der Waals surface area contributed by atoms with Gasteiger partial charge < -0.3 is 10.5 Å². The molecule has 0 saturated carbocycles. The molecule has 0 aromatic heterocycles. The van der Waals surface area contributed by atoms with Crippen LogP contribution in [-0.2, 0) is 4.74 Å². The van der Waals surface area contributed by atoms with E-state index in [0.717, 1.165) is 13.2 Å². The molecule has 0 bridgehead atoms. The second kappa shape index (κ2) is 9.13. The fraction of sp³-hybridized carbons (Fsp3) is 1.00. The highest BCUT2D eigenvalue weighted by molar-refractivity contribution is 4.76. The standard InChI is InChI=1S/C12H28N2O/c1-5-7-8-14(11(3)6-2)12(9-13)10-15-4/h11-12H,5-10,13H2,1-4H3. The number of hydrogen-bond acceptors (Lipinski definition) is 3. The summed E-state index contributed by atoms with van der Waals surface area (Å²) in [5.41, 5.74) is 5.80. The zero-order valence-electron chi connectivity index (χ0n) is 10.8. The molecule has 0 heterocycles. The minimum atomic E-state index is 0.372. The smallest absolute Gasteiger partial charge is 0.0630 e. The molecule has 0 aromatic rings. The first kappa shape index (κ1) is 14.9. The Labute approximate surface area is 95.0 Å². The van der Waals surface area contributed by atoms with Gasteiger partial charge in [0.05, 0.1) is 6.61 Å². The van der Waals surface area contributed by atoms with Crippen molar-refractivity contribution in [1.29, 1.82) is 0 Å². The first-order valence-electron chi connectivity index (χ1n) is 6.15. The van der Waals surface area contributed by atoms with Crippen molar-refractivity contribution in [3.8, 4) is 0 Å². The van der Waals surface area contributed by atoms with E-state index < -0.39 is 0 Å². The maximum absolute atomic E-state index is 5.80. The molecule has 2 N–H and O–H groups in total.